The predicted octanol–water partition coefficient (Wildman–Crippen LogP) is 0.214. The Hall–Kier alpha value is -1.30. The smallest absolute Gasteiger partial charge is 0.312 e. The topological polar surface area (TPSA) is 75.8 Å². The molecular weight excluding hydrogens is 176 g/mol. The molecule has 0 bridgehead atoms. The summed E-state index contributed by atoms with van der Waals surface area (Å²) < 4.78 is 2.45. The number of nitrogens with two attached hydrogens (primary N) is 1. The van der Waals surface area contributed by atoms with Crippen molar-refractivity contribution in [1.29, 1.82) is 0 Å². The molecule has 0 atom stereocenters. The van der Waals surface area contributed by atoms with Gasteiger partial charge in [-0.1, -0.05) is 0 Å². The largest absolute Gasteiger partial charge is 0.352 e. The number of amides is 2. The van der Waals surface area contributed by atoms with E-state index in [9.17, 15) is 4.79 Å². The second-order valence-electron chi connectivity index (χ2n) is 2.25. The molecule has 0 unspecified atom stereocenters. The lowest BCUT2D eigenvalue weighted by Gasteiger charge is -2.01. The minimum Gasteiger partial charge on any atom is -0.352 e. The summed E-state index contributed by atoms with van der Waals surface area (Å²) in [5.74, 6) is 0. The van der Waals surface area contributed by atoms with Gasteiger partial charge in [-0.2, -0.15) is 0 Å². The molecule has 0 spiro atoms. The summed E-state index contributed by atoms with van der Waals surface area (Å²) in [4.78, 5) is 13.1. The number of nitrogens with zero attached hydrogens (tertiary/aromatic N) is 1. The van der Waals surface area contributed by atoms with Gasteiger partial charge in [0, 0.05) is 25.5 Å². The predicted molar refractivity (Wildman–Crippen MR) is 47.2 cm³/mol. The van der Waals surface area contributed by atoms with E-state index in [1.807, 2.05) is 10.8 Å². The fraction of sp³-hybridized carbons (Fsp3) is 0.333. The summed E-state index contributed by atoms with van der Waals surface area (Å²) >= 11 is 4.93. The summed E-state index contributed by atoms with van der Waals surface area (Å²) in [6.45, 7) is 1.12. The van der Waals surface area contributed by atoms with E-state index in [1.54, 1.807) is 6.20 Å². The molecule has 0 fully saturated rings. The lowest BCUT2D eigenvalue weighted by atomic mass is 10.6. The van der Waals surface area contributed by atoms with Crippen LogP contribution < -0.4 is 11.1 Å². The van der Waals surface area contributed by atoms with E-state index < -0.39 is 6.03 Å². The highest BCUT2D eigenvalue weighted by atomic mass is 32.1. The van der Waals surface area contributed by atoms with Crippen molar-refractivity contribution >= 4 is 18.2 Å². The number of H-pyrrole nitrogens is 1. The van der Waals surface area contributed by atoms with E-state index in [-0.39, 0.29) is 0 Å². The molecular formula is C6H10N4OS. The van der Waals surface area contributed by atoms with Crippen LogP contribution in [-0.2, 0) is 6.54 Å². The van der Waals surface area contributed by atoms with Gasteiger partial charge >= 0.3 is 6.03 Å². The molecule has 0 aromatic carbocycles. The number of carbonyl (C=O) groups excluding carboxylic acids is 1. The van der Waals surface area contributed by atoms with Crippen LogP contribution in [0.5, 0.6) is 0 Å². The fourth-order valence-electron chi connectivity index (χ4n) is 0.825. The highest BCUT2D eigenvalue weighted by molar-refractivity contribution is 7.71. The van der Waals surface area contributed by atoms with Gasteiger partial charge in [0.15, 0.2) is 4.77 Å². The van der Waals surface area contributed by atoms with Gasteiger partial charge in [0.2, 0.25) is 0 Å². The van der Waals surface area contributed by atoms with Crippen molar-refractivity contribution in [3.63, 3.8) is 0 Å². The maximum Gasteiger partial charge on any atom is 0.312 e. The van der Waals surface area contributed by atoms with Gasteiger partial charge in [0.25, 0.3) is 0 Å². The number of carbonyl (C=O) groups is 1. The molecule has 0 aliphatic rings. The number of rotatable bonds is 3. The number of aromatic nitrogens is 2. The first-order chi connectivity index (χ1) is 5.70. The standard InChI is InChI=1S/C6H10N4OS/c7-5(11)8-1-3-10-4-2-9-6(10)12/h2,4H,1,3H2,(H,9,12)(H3,7,8,11). The molecule has 1 rings (SSSR count). The average Bonchev–Trinajstić information content (AvgIpc) is 2.36. The fourth-order valence-corrected chi connectivity index (χ4v) is 1.04. The van der Waals surface area contributed by atoms with E-state index in [0.29, 0.717) is 17.9 Å². The number of imidazole rings is 1. The molecule has 0 aliphatic heterocycles. The summed E-state index contributed by atoms with van der Waals surface area (Å²) in [5, 5.41) is 2.47. The third-order valence-electron chi connectivity index (χ3n) is 1.37. The quantitative estimate of drug-likeness (QED) is 0.590. The Balaban J connectivity index is 2.39. The first-order valence-corrected chi connectivity index (χ1v) is 3.88. The highest BCUT2D eigenvalue weighted by Crippen LogP contribution is 1.88. The molecule has 0 saturated carbocycles. The minimum absolute atomic E-state index is 0.488. The number of aromatic amines is 1. The Kier molecular flexibility index (Phi) is 2.87. The van der Waals surface area contributed by atoms with Crippen molar-refractivity contribution in [1.82, 2.24) is 14.9 Å². The Labute approximate surface area is 74.6 Å². The van der Waals surface area contributed by atoms with Crippen molar-refractivity contribution < 1.29 is 4.79 Å². The van der Waals surface area contributed by atoms with Crippen molar-refractivity contribution in [2.24, 2.45) is 5.73 Å². The summed E-state index contributed by atoms with van der Waals surface area (Å²) in [6, 6.07) is -0.517. The molecule has 6 heteroatoms. The number of hydrogen-bond donors (Lipinski definition) is 3. The third kappa shape index (κ3) is 2.39. The molecule has 66 valence electrons. The Bertz CT molecular complexity index is 315. The zero-order valence-corrected chi connectivity index (χ0v) is 7.23. The first kappa shape index (κ1) is 8.79. The zero-order valence-electron chi connectivity index (χ0n) is 6.41. The normalized spacial score (nSPS) is 9.67. The van der Waals surface area contributed by atoms with Crippen LogP contribution in [0.2, 0.25) is 0 Å². The monoisotopic (exact) mass is 186 g/mol. The minimum atomic E-state index is -0.517. The Morgan fingerprint density at radius 3 is 3.08 bits per heavy atom. The molecule has 4 N–H and O–H groups in total. The maximum atomic E-state index is 10.3. The van der Waals surface area contributed by atoms with Crippen LogP contribution >= 0.6 is 12.2 Å². The number of primary amides is 1. The van der Waals surface area contributed by atoms with Gasteiger partial charge in [-0.3, -0.25) is 0 Å². The second kappa shape index (κ2) is 3.91. The molecule has 5 nitrogen and oxygen atoms in total. The number of nitrogens with one attached hydrogen (secondary N) is 2. The maximum absolute atomic E-state index is 10.3. The van der Waals surface area contributed by atoms with Gasteiger partial charge in [0.1, 0.15) is 0 Å². The van der Waals surface area contributed by atoms with Crippen LogP contribution in [0.25, 0.3) is 0 Å². The molecule has 0 saturated heterocycles. The van der Waals surface area contributed by atoms with Crippen LogP contribution in [0.1, 0.15) is 0 Å². The third-order valence-corrected chi connectivity index (χ3v) is 1.73. The van der Waals surface area contributed by atoms with Gasteiger partial charge in [-0.15, -0.1) is 0 Å². The second-order valence-corrected chi connectivity index (χ2v) is 2.64. The van der Waals surface area contributed by atoms with Gasteiger partial charge in [-0.05, 0) is 12.2 Å². The van der Waals surface area contributed by atoms with Crippen LogP contribution in [0.15, 0.2) is 12.4 Å². The molecule has 12 heavy (non-hydrogen) atoms. The van der Waals surface area contributed by atoms with Crippen LogP contribution in [-0.4, -0.2) is 22.1 Å². The molecule has 1 aromatic rings. The van der Waals surface area contributed by atoms with Gasteiger partial charge < -0.3 is 20.6 Å². The lowest BCUT2D eigenvalue weighted by Crippen LogP contribution is -2.31. The SMILES string of the molecule is NC(=O)NCCn1cc[nH]c1=S. The molecule has 1 aromatic heterocycles. The van der Waals surface area contributed by atoms with Gasteiger partial charge in [0.05, 0.1) is 0 Å². The van der Waals surface area contributed by atoms with E-state index in [4.69, 9.17) is 18.0 Å². The Morgan fingerprint density at radius 2 is 2.58 bits per heavy atom. The van der Waals surface area contributed by atoms with Crippen LogP contribution in [0.4, 0.5) is 4.79 Å². The van der Waals surface area contributed by atoms with Crippen molar-refractivity contribution in [3.8, 4) is 0 Å². The summed E-state index contributed by atoms with van der Waals surface area (Å²) in [6.07, 6.45) is 3.55. The van der Waals surface area contributed by atoms with Crippen LogP contribution in [0.3, 0.4) is 0 Å². The summed E-state index contributed by atoms with van der Waals surface area (Å²) in [7, 11) is 0. The van der Waals surface area contributed by atoms with Crippen molar-refractivity contribution in [3.05, 3.63) is 17.2 Å². The number of urea groups is 1. The first-order valence-electron chi connectivity index (χ1n) is 3.47. The molecule has 1 heterocycles. The van der Waals surface area contributed by atoms with E-state index in [1.165, 1.54) is 0 Å². The number of hydrogen-bond acceptors (Lipinski definition) is 2. The van der Waals surface area contributed by atoms with E-state index in [0.717, 1.165) is 0 Å². The zero-order chi connectivity index (χ0) is 8.97. The highest BCUT2D eigenvalue weighted by Gasteiger charge is 1.93. The molecule has 0 aliphatic carbocycles. The van der Waals surface area contributed by atoms with Crippen molar-refractivity contribution in [2.45, 2.75) is 6.54 Å². The van der Waals surface area contributed by atoms with E-state index in [2.05, 4.69) is 10.3 Å². The summed E-state index contributed by atoms with van der Waals surface area (Å²) in [5.41, 5.74) is 4.88. The van der Waals surface area contributed by atoms with E-state index >= 15 is 0 Å². The average molecular weight is 186 g/mol. The van der Waals surface area contributed by atoms with Gasteiger partial charge in [-0.25, -0.2) is 4.79 Å². The van der Waals surface area contributed by atoms with Crippen LogP contribution in [0, 0.1) is 4.77 Å². The lowest BCUT2D eigenvalue weighted by molar-refractivity contribution is 0.248. The molecule has 0 radical (unpaired) electrons. The van der Waals surface area contributed by atoms with Crippen molar-refractivity contribution in [2.75, 3.05) is 6.54 Å². The Morgan fingerprint density at radius 1 is 1.83 bits per heavy atom. The molecule has 2 amide bonds.